The van der Waals surface area contributed by atoms with E-state index in [0.717, 1.165) is 29.5 Å². The first-order valence-corrected chi connectivity index (χ1v) is 10.2. The molecule has 0 fully saturated rings. The number of carbonyl (C=O) groups excluding carboxylic acids is 1. The van der Waals surface area contributed by atoms with E-state index in [-0.39, 0.29) is 12.5 Å². The topological polar surface area (TPSA) is 82.6 Å². The molecule has 5 rings (SSSR count). The van der Waals surface area contributed by atoms with E-state index in [2.05, 4.69) is 15.3 Å². The van der Waals surface area contributed by atoms with Crippen molar-refractivity contribution in [2.45, 2.75) is 25.7 Å². The van der Waals surface area contributed by atoms with Gasteiger partial charge in [-0.1, -0.05) is 0 Å². The number of ether oxygens (including phenoxy) is 3. The fourth-order valence-corrected chi connectivity index (χ4v) is 4.84. The Hall–Kier alpha value is -2.87. The van der Waals surface area contributed by atoms with Crippen molar-refractivity contribution >= 4 is 33.1 Å². The largest absolute Gasteiger partial charge is 0.486 e. The number of amides is 1. The predicted molar refractivity (Wildman–Crippen MR) is 106 cm³/mol. The lowest BCUT2D eigenvalue weighted by molar-refractivity contribution is -0.118. The monoisotopic (exact) mass is 397 g/mol. The molecule has 2 aliphatic rings. The van der Waals surface area contributed by atoms with Crippen LogP contribution in [0.3, 0.4) is 0 Å². The van der Waals surface area contributed by atoms with Crippen molar-refractivity contribution in [3.63, 3.8) is 0 Å². The van der Waals surface area contributed by atoms with Crippen LogP contribution in [-0.4, -0.2) is 35.7 Å². The molecule has 0 unspecified atom stereocenters. The zero-order chi connectivity index (χ0) is 18.9. The van der Waals surface area contributed by atoms with Crippen molar-refractivity contribution in [3.8, 4) is 17.4 Å². The Morgan fingerprint density at radius 2 is 2.00 bits per heavy atom. The minimum Gasteiger partial charge on any atom is -0.486 e. The van der Waals surface area contributed by atoms with E-state index in [9.17, 15) is 4.79 Å². The van der Waals surface area contributed by atoms with Gasteiger partial charge >= 0.3 is 0 Å². The zero-order valence-electron chi connectivity index (χ0n) is 15.2. The number of thiophene rings is 1. The van der Waals surface area contributed by atoms with E-state index < -0.39 is 0 Å². The highest BCUT2D eigenvalue weighted by Gasteiger charge is 2.21. The molecule has 144 valence electrons. The molecule has 28 heavy (non-hydrogen) atoms. The minimum absolute atomic E-state index is 0.120. The number of fused-ring (bicyclic) bond motifs is 4. The summed E-state index contributed by atoms with van der Waals surface area (Å²) in [5.74, 6) is 1.55. The third kappa shape index (κ3) is 3.24. The van der Waals surface area contributed by atoms with Crippen molar-refractivity contribution in [2.75, 3.05) is 25.1 Å². The van der Waals surface area contributed by atoms with Gasteiger partial charge in [0.15, 0.2) is 18.1 Å². The summed E-state index contributed by atoms with van der Waals surface area (Å²) in [6, 6.07) is 5.32. The summed E-state index contributed by atoms with van der Waals surface area (Å²) in [5, 5.41) is 3.79. The molecule has 0 bridgehead atoms. The molecule has 0 saturated heterocycles. The van der Waals surface area contributed by atoms with Crippen LogP contribution in [0, 0.1) is 0 Å². The van der Waals surface area contributed by atoms with Gasteiger partial charge in [0.1, 0.15) is 24.4 Å². The standard InChI is InChI=1S/C20H19N3O4S/c24-17(23-12-5-6-14-15(9-12)26-8-7-25-14)10-27-19-18-13-3-1-2-4-16(13)28-20(18)22-11-21-19/h5-6,9,11H,1-4,7-8,10H2,(H,23,24). The van der Waals surface area contributed by atoms with E-state index >= 15 is 0 Å². The molecule has 1 amide bonds. The molecule has 3 heterocycles. The van der Waals surface area contributed by atoms with Crippen molar-refractivity contribution in [2.24, 2.45) is 0 Å². The maximum Gasteiger partial charge on any atom is 0.262 e. The van der Waals surface area contributed by atoms with Gasteiger partial charge in [0, 0.05) is 16.6 Å². The smallest absolute Gasteiger partial charge is 0.262 e. The summed E-state index contributed by atoms with van der Waals surface area (Å²) in [7, 11) is 0. The molecule has 0 spiro atoms. The van der Waals surface area contributed by atoms with Crippen LogP contribution in [-0.2, 0) is 17.6 Å². The Balaban J connectivity index is 1.30. The highest BCUT2D eigenvalue weighted by Crippen LogP contribution is 2.39. The van der Waals surface area contributed by atoms with E-state index in [0.29, 0.717) is 36.3 Å². The van der Waals surface area contributed by atoms with Crippen LogP contribution in [0.2, 0.25) is 0 Å². The number of aryl methyl sites for hydroxylation is 2. The second-order valence-electron chi connectivity index (χ2n) is 6.77. The molecule has 0 saturated carbocycles. The summed E-state index contributed by atoms with van der Waals surface area (Å²) < 4.78 is 16.8. The molecule has 3 aromatic rings. The second-order valence-corrected chi connectivity index (χ2v) is 7.85. The Bertz CT molecular complexity index is 1050. The number of hydrogen-bond donors (Lipinski definition) is 1. The van der Waals surface area contributed by atoms with Crippen LogP contribution in [0.4, 0.5) is 5.69 Å². The lowest BCUT2D eigenvalue weighted by atomic mass is 9.97. The molecule has 1 N–H and O–H groups in total. The molecule has 1 aliphatic heterocycles. The summed E-state index contributed by atoms with van der Waals surface area (Å²) >= 11 is 1.71. The van der Waals surface area contributed by atoms with Crippen LogP contribution >= 0.6 is 11.3 Å². The molecule has 8 heteroatoms. The number of anilines is 1. The molecule has 7 nitrogen and oxygen atoms in total. The number of nitrogens with one attached hydrogen (secondary N) is 1. The Kier molecular flexibility index (Phi) is 4.48. The first-order valence-electron chi connectivity index (χ1n) is 9.35. The van der Waals surface area contributed by atoms with Gasteiger partial charge in [-0.15, -0.1) is 11.3 Å². The van der Waals surface area contributed by atoms with Gasteiger partial charge in [0.2, 0.25) is 5.88 Å². The fraction of sp³-hybridized carbons (Fsp3) is 0.350. The predicted octanol–water partition coefficient (Wildman–Crippen LogP) is 3.36. The summed E-state index contributed by atoms with van der Waals surface area (Å²) in [5.41, 5.74) is 1.92. The Labute approximate surface area is 165 Å². The van der Waals surface area contributed by atoms with E-state index in [1.54, 1.807) is 29.5 Å². The van der Waals surface area contributed by atoms with Gasteiger partial charge < -0.3 is 19.5 Å². The molecule has 1 aromatic carbocycles. The van der Waals surface area contributed by atoms with Gasteiger partial charge in [-0.25, -0.2) is 9.97 Å². The minimum atomic E-state index is -0.257. The third-order valence-corrected chi connectivity index (χ3v) is 6.08. The SMILES string of the molecule is O=C(COc1ncnc2sc3c(c12)CCCC3)Nc1ccc2c(c1)OCCO2. The average Bonchev–Trinajstić information content (AvgIpc) is 3.11. The van der Waals surface area contributed by atoms with Gasteiger partial charge in [0.05, 0.1) is 5.39 Å². The summed E-state index contributed by atoms with van der Waals surface area (Å²) in [4.78, 5) is 23.3. The fourth-order valence-electron chi connectivity index (χ4n) is 3.62. The van der Waals surface area contributed by atoms with Crippen molar-refractivity contribution in [3.05, 3.63) is 35.0 Å². The van der Waals surface area contributed by atoms with E-state index in [1.807, 2.05) is 0 Å². The van der Waals surface area contributed by atoms with E-state index in [1.165, 1.54) is 23.2 Å². The van der Waals surface area contributed by atoms with Crippen LogP contribution in [0.25, 0.3) is 10.2 Å². The third-order valence-electron chi connectivity index (χ3n) is 4.88. The normalized spacial score (nSPS) is 15.1. The molecule has 0 radical (unpaired) electrons. The van der Waals surface area contributed by atoms with Gasteiger partial charge in [-0.2, -0.15) is 0 Å². The number of nitrogens with zero attached hydrogens (tertiary/aromatic N) is 2. The number of aromatic nitrogens is 2. The molecule has 2 aromatic heterocycles. The Morgan fingerprint density at radius 3 is 2.93 bits per heavy atom. The molecular weight excluding hydrogens is 378 g/mol. The molecule has 1 aliphatic carbocycles. The van der Waals surface area contributed by atoms with Gasteiger partial charge in [-0.3, -0.25) is 4.79 Å². The van der Waals surface area contributed by atoms with Crippen LogP contribution in [0.5, 0.6) is 17.4 Å². The van der Waals surface area contributed by atoms with Gasteiger partial charge in [-0.05, 0) is 43.4 Å². The van der Waals surface area contributed by atoms with Crippen molar-refractivity contribution in [1.29, 1.82) is 0 Å². The maximum atomic E-state index is 12.4. The van der Waals surface area contributed by atoms with Crippen LogP contribution in [0.1, 0.15) is 23.3 Å². The highest BCUT2D eigenvalue weighted by atomic mass is 32.1. The maximum absolute atomic E-state index is 12.4. The number of carbonyl (C=O) groups is 1. The van der Waals surface area contributed by atoms with Gasteiger partial charge in [0.25, 0.3) is 5.91 Å². The highest BCUT2D eigenvalue weighted by molar-refractivity contribution is 7.18. The van der Waals surface area contributed by atoms with Crippen molar-refractivity contribution < 1.29 is 19.0 Å². The van der Waals surface area contributed by atoms with E-state index in [4.69, 9.17) is 14.2 Å². The quantitative estimate of drug-likeness (QED) is 0.727. The first-order chi connectivity index (χ1) is 13.8. The molecular formula is C20H19N3O4S. The number of rotatable bonds is 4. The zero-order valence-corrected chi connectivity index (χ0v) is 16.0. The first kappa shape index (κ1) is 17.2. The summed E-state index contributed by atoms with van der Waals surface area (Å²) in [6.07, 6.45) is 5.97. The number of benzene rings is 1. The second kappa shape index (κ2) is 7.27. The van der Waals surface area contributed by atoms with Crippen LogP contribution in [0.15, 0.2) is 24.5 Å². The molecule has 0 atom stereocenters. The average molecular weight is 397 g/mol. The lowest BCUT2D eigenvalue weighted by Gasteiger charge is -2.19. The number of hydrogen-bond acceptors (Lipinski definition) is 7. The van der Waals surface area contributed by atoms with Crippen molar-refractivity contribution in [1.82, 2.24) is 9.97 Å². The van der Waals surface area contributed by atoms with Crippen LogP contribution < -0.4 is 19.5 Å². The lowest BCUT2D eigenvalue weighted by Crippen LogP contribution is -2.21. The Morgan fingerprint density at radius 1 is 1.14 bits per heavy atom. The summed E-state index contributed by atoms with van der Waals surface area (Å²) in [6.45, 7) is 0.916.